The maximum Gasteiger partial charge on any atom is 0.252 e. The van der Waals surface area contributed by atoms with Crippen molar-refractivity contribution < 1.29 is 4.79 Å². The summed E-state index contributed by atoms with van der Waals surface area (Å²) in [7, 11) is 2.15. The van der Waals surface area contributed by atoms with Crippen LogP contribution in [0, 0.1) is 0 Å². The van der Waals surface area contributed by atoms with Gasteiger partial charge in [-0.2, -0.15) is 0 Å². The molecule has 0 spiro atoms. The summed E-state index contributed by atoms with van der Waals surface area (Å²) in [5, 5.41) is -0.407. The fraction of sp³-hybridized carbons (Fsp3) is 0.438. The molecule has 1 unspecified atom stereocenters. The van der Waals surface area contributed by atoms with Crippen molar-refractivity contribution in [3.05, 3.63) is 48.0 Å². The summed E-state index contributed by atoms with van der Waals surface area (Å²) in [4.78, 5) is 15.9. The van der Waals surface area contributed by atoms with E-state index in [1.807, 2.05) is 18.2 Å². The zero-order chi connectivity index (χ0) is 14.5. The maximum absolute atomic E-state index is 11.0. The Bertz CT molecular complexity index is 464. The van der Waals surface area contributed by atoms with E-state index in [9.17, 15) is 4.79 Å². The number of hydrogen-bond donors (Lipinski definition) is 0. The third-order valence-corrected chi connectivity index (χ3v) is 4.12. The lowest BCUT2D eigenvalue weighted by molar-refractivity contribution is 0.108. The van der Waals surface area contributed by atoms with Crippen molar-refractivity contribution in [1.82, 2.24) is 9.80 Å². The molecular weight excluding hydrogens is 272 g/mol. The molecule has 1 aliphatic heterocycles. The van der Waals surface area contributed by atoms with Crippen LogP contribution in [-0.4, -0.2) is 54.3 Å². The standard InChI is InChI=1S/C16H21ClN2O/c1-3-15(19-10-8-18(2)9-11-19)12-13-4-6-14(7-5-13)16(17)20/h3-7,15H,1,8-12H2,2H3. The van der Waals surface area contributed by atoms with E-state index in [1.165, 1.54) is 5.56 Å². The summed E-state index contributed by atoms with van der Waals surface area (Å²) in [6.07, 6.45) is 2.94. The molecule has 4 heteroatoms. The van der Waals surface area contributed by atoms with Gasteiger partial charge in [0.2, 0.25) is 0 Å². The number of likely N-dealkylation sites (N-methyl/N-ethyl adjacent to an activating group) is 1. The summed E-state index contributed by atoms with van der Waals surface area (Å²) < 4.78 is 0. The SMILES string of the molecule is C=CC(Cc1ccc(C(=O)Cl)cc1)N1CCN(C)CC1. The molecule has 0 aromatic heterocycles. The first-order chi connectivity index (χ1) is 9.60. The van der Waals surface area contributed by atoms with Gasteiger partial charge in [0, 0.05) is 37.8 Å². The summed E-state index contributed by atoms with van der Waals surface area (Å²) in [5.74, 6) is 0. The molecule has 1 saturated heterocycles. The molecule has 1 fully saturated rings. The minimum Gasteiger partial charge on any atom is -0.304 e. The first-order valence-corrected chi connectivity index (χ1v) is 7.32. The van der Waals surface area contributed by atoms with E-state index in [1.54, 1.807) is 12.1 Å². The highest BCUT2D eigenvalue weighted by Crippen LogP contribution is 2.14. The number of nitrogens with zero attached hydrogens (tertiary/aromatic N) is 2. The highest BCUT2D eigenvalue weighted by atomic mass is 35.5. The van der Waals surface area contributed by atoms with Crippen LogP contribution in [0.15, 0.2) is 36.9 Å². The van der Waals surface area contributed by atoms with Crippen molar-refractivity contribution in [2.45, 2.75) is 12.5 Å². The highest BCUT2D eigenvalue weighted by Gasteiger charge is 2.20. The third kappa shape index (κ3) is 3.92. The van der Waals surface area contributed by atoms with Gasteiger partial charge >= 0.3 is 0 Å². The van der Waals surface area contributed by atoms with Crippen LogP contribution in [0.2, 0.25) is 0 Å². The molecule has 0 bridgehead atoms. The smallest absolute Gasteiger partial charge is 0.252 e. The average molecular weight is 293 g/mol. The topological polar surface area (TPSA) is 23.6 Å². The molecule has 1 aliphatic rings. The first kappa shape index (κ1) is 15.2. The van der Waals surface area contributed by atoms with Crippen LogP contribution in [0.1, 0.15) is 15.9 Å². The summed E-state index contributed by atoms with van der Waals surface area (Å²) >= 11 is 5.46. The molecule has 0 saturated carbocycles. The fourth-order valence-corrected chi connectivity index (χ4v) is 2.65. The second-order valence-corrected chi connectivity index (χ2v) is 5.66. The van der Waals surface area contributed by atoms with E-state index in [0.29, 0.717) is 11.6 Å². The Kier molecular flexibility index (Phi) is 5.35. The van der Waals surface area contributed by atoms with Gasteiger partial charge in [0.25, 0.3) is 5.24 Å². The molecule has 2 rings (SSSR count). The molecule has 0 radical (unpaired) electrons. The molecule has 0 aliphatic carbocycles. The Hall–Kier alpha value is -1.16. The summed E-state index contributed by atoms with van der Waals surface area (Å²) in [5.41, 5.74) is 1.75. The number of carbonyl (C=O) groups excluding carboxylic acids is 1. The van der Waals surface area contributed by atoms with Gasteiger partial charge in [-0.05, 0) is 42.8 Å². The van der Waals surface area contributed by atoms with Crippen LogP contribution in [0.4, 0.5) is 0 Å². The van der Waals surface area contributed by atoms with E-state index in [2.05, 4.69) is 23.4 Å². The van der Waals surface area contributed by atoms with Crippen molar-refractivity contribution in [2.24, 2.45) is 0 Å². The number of carbonyl (C=O) groups is 1. The zero-order valence-electron chi connectivity index (χ0n) is 11.9. The molecular formula is C16H21ClN2O. The Labute approximate surface area is 125 Å². The molecule has 1 heterocycles. The lowest BCUT2D eigenvalue weighted by atomic mass is 10.0. The maximum atomic E-state index is 11.0. The van der Waals surface area contributed by atoms with Gasteiger partial charge in [-0.3, -0.25) is 9.69 Å². The number of halogens is 1. The molecule has 1 atom stereocenters. The molecule has 0 amide bonds. The largest absolute Gasteiger partial charge is 0.304 e. The molecule has 3 nitrogen and oxygen atoms in total. The van der Waals surface area contributed by atoms with Gasteiger partial charge in [-0.25, -0.2) is 0 Å². The van der Waals surface area contributed by atoms with Crippen molar-refractivity contribution in [1.29, 1.82) is 0 Å². The minimum atomic E-state index is -0.407. The van der Waals surface area contributed by atoms with Gasteiger partial charge in [-0.1, -0.05) is 18.2 Å². The van der Waals surface area contributed by atoms with Crippen LogP contribution < -0.4 is 0 Å². The molecule has 20 heavy (non-hydrogen) atoms. The van der Waals surface area contributed by atoms with Crippen LogP contribution >= 0.6 is 11.6 Å². The van der Waals surface area contributed by atoms with E-state index in [-0.39, 0.29) is 0 Å². The van der Waals surface area contributed by atoms with Crippen molar-refractivity contribution in [3.63, 3.8) is 0 Å². The predicted octanol–water partition coefficient (Wildman–Crippen LogP) is 2.41. The fourth-order valence-electron chi connectivity index (χ4n) is 2.53. The van der Waals surface area contributed by atoms with Crippen LogP contribution in [-0.2, 0) is 6.42 Å². The van der Waals surface area contributed by atoms with Crippen molar-refractivity contribution in [2.75, 3.05) is 33.2 Å². The predicted molar refractivity (Wildman–Crippen MR) is 83.4 cm³/mol. The number of hydrogen-bond acceptors (Lipinski definition) is 3. The number of benzene rings is 1. The van der Waals surface area contributed by atoms with Gasteiger partial charge in [0.15, 0.2) is 0 Å². The highest BCUT2D eigenvalue weighted by molar-refractivity contribution is 6.67. The lowest BCUT2D eigenvalue weighted by Crippen LogP contribution is -2.49. The van der Waals surface area contributed by atoms with Gasteiger partial charge < -0.3 is 4.90 Å². The average Bonchev–Trinajstić information content (AvgIpc) is 2.46. The Morgan fingerprint density at radius 1 is 1.30 bits per heavy atom. The molecule has 1 aromatic rings. The zero-order valence-corrected chi connectivity index (χ0v) is 12.6. The number of piperazine rings is 1. The van der Waals surface area contributed by atoms with Crippen molar-refractivity contribution >= 4 is 16.8 Å². The van der Waals surface area contributed by atoms with Gasteiger partial charge in [0.1, 0.15) is 0 Å². The first-order valence-electron chi connectivity index (χ1n) is 6.94. The quantitative estimate of drug-likeness (QED) is 0.615. The van der Waals surface area contributed by atoms with Gasteiger partial charge in [-0.15, -0.1) is 6.58 Å². The Morgan fingerprint density at radius 2 is 1.90 bits per heavy atom. The molecule has 0 N–H and O–H groups in total. The Morgan fingerprint density at radius 3 is 2.40 bits per heavy atom. The third-order valence-electron chi connectivity index (χ3n) is 3.90. The van der Waals surface area contributed by atoms with E-state index >= 15 is 0 Å². The van der Waals surface area contributed by atoms with Crippen LogP contribution in [0.5, 0.6) is 0 Å². The van der Waals surface area contributed by atoms with Gasteiger partial charge in [0.05, 0.1) is 0 Å². The second kappa shape index (κ2) is 7.02. The van der Waals surface area contributed by atoms with Crippen molar-refractivity contribution in [3.8, 4) is 0 Å². The van der Waals surface area contributed by atoms with Crippen LogP contribution in [0.3, 0.4) is 0 Å². The van der Waals surface area contributed by atoms with Crippen LogP contribution in [0.25, 0.3) is 0 Å². The second-order valence-electron chi connectivity index (χ2n) is 5.32. The monoisotopic (exact) mass is 292 g/mol. The summed E-state index contributed by atoms with van der Waals surface area (Å²) in [6, 6.07) is 7.87. The summed E-state index contributed by atoms with van der Waals surface area (Å²) in [6.45, 7) is 8.32. The van der Waals surface area contributed by atoms with E-state index in [4.69, 9.17) is 11.6 Å². The van der Waals surface area contributed by atoms with E-state index < -0.39 is 5.24 Å². The van der Waals surface area contributed by atoms with E-state index in [0.717, 1.165) is 32.6 Å². The minimum absolute atomic E-state index is 0.348. The lowest BCUT2D eigenvalue weighted by Gasteiger charge is -2.36. The Balaban J connectivity index is 1.99. The molecule has 1 aromatic carbocycles. The molecule has 108 valence electrons. The normalized spacial score (nSPS) is 18.7. The number of rotatable bonds is 5.